The zero-order chi connectivity index (χ0) is 21.2. The first-order valence-corrected chi connectivity index (χ1v) is 11.6. The molecule has 2 amide bonds. The lowest BCUT2D eigenvalue weighted by Gasteiger charge is -2.42. The van der Waals surface area contributed by atoms with Crippen molar-refractivity contribution in [1.82, 2.24) is 9.21 Å². The van der Waals surface area contributed by atoms with E-state index in [1.54, 1.807) is 34.1 Å². The molecule has 2 saturated heterocycles. The van der Waals surface area contributed by atoms with Gasteiger partial charge in [0.1, 0.15) is 5.84 Å². The van der Waals surface area contributed by atoms with Gasteiger partial charge in [0, 0.05) is 56.5 Å². The van der Waals surface area contributed by atoms with Gasteiger partial charge in [0.25, 0.3) is 0 Å². The van der Waals surface area contributed by atoms with E-state index in [0.717, 1.165) is 0 Å². The molecule has 1 aromatic carbocycles. The number of rotatable bonds is 6. The second-order valence-electron chi connectivity index (χ2n) is 7.92. The smallest absolute Gasteiger partial charge is 0.324 e. The molecule has 2 aliphatic rings. The molecule has 1 atom stereocenters. The number of amidine groups is 1. The van der Waals surface area contributed by atoms with Crippen molar-refractivity contribution in [1.29, 1.82) is 5.41 Å². The van der Waals surface area contributed by atoms with E-state index in [0.29, 0.717) is 56.8 Å². The number of aliphatic hydroxyl groups is 1. The fourth-order valence-electron chi connectivity index (χ4n) is 4.01. The molecule has 160 valence electrons. The predicted molar refractivity (Wildman–Crippen MR) is 111 cm³/mol. The van der Waals surface area contributed by atoms with Crippen molar-refractivity contribution in [3.63, 3.8) is 0 Å². The first kappa shape index (κ1) is 21.5. The number of urea groups is 1. The van der Waals surface area contributed by atoms with Crippen LogP contribution in [0.3, 0.4) is 0 Å². The minimum atomic E-state index is -3.18. The Morgan fingerprint density at radius 2 is 1.93 bits per heavy atom. The quantitative estimate of drug-likeness (QED) is 0.453. The molecule has 0 radical (unpaired) electrons. The van der Waals surface area contributed by atoms with Crippen LogP contribution >= 0.6 is 0 Å². The maximum atomic E-state index is 13.1. The number of piperidine rings is 1. The van der Waals surface area contributed by atoms with Gasteiger partial charge in [-0.1, -0.05) is 12.1 Å². The molecular formula is C19H29N5O4S. The van der Waals surface area contributed by atoms with Crippen LogP contribution in [0.25, 0.3) is 0 Å². The van der Waals surface area contributed by atoms with Crippen LogP contribution in [-0.2, 0) is 10.0 Å². The molecule has 29 heavy (non-hydrogen) atoms. The Kier molecular flexibility index (Phi) is 6.45. The monoisotopic (exact) mass is 423 g/mol. The average Bonchev–Trinajstić information content (AvgIpc) is 2.69. The SMILES string of the molecule is CS(=O)(=O)N1CCC(CN2CC(CO)CN(c3cccc(C(=N)N)c3)C2=O)CC1. The molecule has 0 saturated carbocycles. The number of anilines is 1. The zero-order valence-electron chi connectivity index (χ0n) is 16.6. The van der Waals surface area contributed by atoms with Crippen LogP contribution in [0, 0.1) is 17.2 Å². The molecule has 0 spiro atoms. The van der Waals surface area contributed by atoms with E-state index in [4.69, 9.17) is 11.1 Å². The summed E-state index contributed by atoms with van der Waals surface area (Å²) in [6.07, 6.45) is 2.64. The summed E-state index contributed by atoms with van der Waals surface area (Å²) in [5.74, 6) is 0.0779. The van der Waals surface area contributed by atoms with Crippen LogP contribution in [0.4, 0.5) is 10.5 Å². The molecule has 10 heteroatoms. The number of amides is 2. The summed E-state index contributed by atoms with van der Waals surface area (Å²) in [6, 6.07) is 6.85. The topological polar surface area (TPSA) is 131 Å². The van der Waals surface area contributed by atoms with E-state index < -0.39 is 10.0 Å². The highest BCUT2D eigenvalue weighted by Gasteiger charge is 2.35. The summed E-state index contributed by atoms with van der Waals surface area (Å²) >= 11 is 0. The van der Waals surface area contributed by atoms with Crippen molar-refractivity contribution in [3.05, 3.63) is 29.8 Å². The van der Waals surface area contributed by atoms with Gasteiger partial charge in [-0.05, 0) is 30.9 Å². The van der Waals surface area contributed by atoms with Crippen molar-refractivity contribution >= 4 is 27.6 Å². The number of hydrogen-bond donors (Lipinski definition) is 3. The van der Waals surface area contributed by atoms with Gasteiger partial charge in [0.15, 0.2) is 0 Å². The molecule has 0 aromatic heterocycles. The Labute approximate surface area is 171 Å². The Balaban J connectivity index is 1.72. The van der Waals surface area contributed by atoms with Crippen LogP contribution in [-0.4, -0.2) is 80.2 Å². The number of carbonyl (C=O) groups excluding carboxylic acids is 1. The molecule has 9 nitrogen and oxygen atoms in total. The van der Waals surface area contributed by atoms with Crippen LogP contribution in [0.2, 0.25) is 0 Å². The normalized spacial score (nSPS) is 22.1. The van der Waals surface area contributed by atoms with Crippen LogP contribution < -0.4 is 10.6 Å². The maximum absolute atomic E-state index is 13.1. The number of nitrogens with one attached hydrogen (secondary N) is 1. The van der Waals surface area contributed by atoms with E-state index in [1.165, 1.54) is 10.6 Å². The summed E-state index contributed by atoms with van der Waals surface area (Å²) in [7, 11) is -3.18. The van der Waals surface area contributed by atoms with Crippen LogP contribution in [0.5, 0.6) is 0 Å². The molecule has 1 unspecified atom stereocenters. The summed E-state index contributed by atoms with van der Waals surface area (Å²) < 4.78 is 24.9. The second kappa shape index (κ2) is 8.68. The lowest BCUT2D eigenvalue weighted by molar-refractivity contribution is 0.128. The van der Waals surface area contributed by atoms with Gasteiger partial charge < -0.3 is 15.7 Å². The Hall–Kier alpha value is -2.17. The molecule has 0 aliphatic carbocycles. The lowest BCUT2D eigenvalue weighted by atomic mass is 9.96. The third-order valence-corrected chi connectivity index (χ3v) is 6.97. The highest BCUT2D eigenvalue weighted by atomic mass is 32.2. The standard InChI is InChI=1S/C19H29N5O4S/c1-29(27,28)23-7-5-14(6-8-23)10-22-11-15(13-25)12-24(19(22)26)17-4-2-3-16(9-17)18(20)21/h2-4,9,14-15,25H,5-8,10-13H2,1H3,(H3,20,21). The highest BCUT2D eigenvalue weighted by molar-refractivity contribution is 7.88. The molecule has 4 N–H and O–H groups in total. The second-order valence-corrected chi connectivity index (χ2v) is 9.90. The first-order valence-electron chi connectivity index (χ1n) is 9.76. The third kappa shape index (κ3) is 5.06. The summed E-state index contributed by atoms with van der Waals surface area (Å²) in [6.45, 7) is 2.33. The molecule has 1 aromatic rings. The average molecular weight is 424 g/mol. The maximum Gasteiger partial charge on any atom is 0.324 e. The number of carbonyl (C=O) groups is 1. The van der Waals surface area contributed by atoms with Crippen molar-refractivity contribution < 1.29 is 18.3 Å². The number of sulfonamides is 1. The summed E-state index contributed by atoms with van der Waals surface area (Å²) in [5, 5.41) is 17.4. The predicted octanol–water partition coefficient (Wildman–Crippen LogP) is 0.493. The number of aliphatic hydroxyl groups excluding tert-OH is 1. The largest absolute Gasteiger partial charge is 0.396 e. The Bertz CT molecular complexity index is 867. The molecule has 3 rings (SSSR count). The van der Waals surface area contributed by atoms with Crippen LogP contribution in [0.1, 0.15) is 18.4 Å². The van der Waals surface area contributed by atoms with Gasteiger partial charge in [-0.15, -0.1) is 0 Å². The Morgan fingerprint density at radius 1 is 1.24 bits per heavy atom. The van der Waals surface area contributed by atoms with E-state index in [-0.39, 0.29) is 30.3 Å². The van der Waals surface area contributed by atoms with Crippen molar-refractivity contribution in [2.45, 2.75) is 12.8 Å². The zero-order valence-corrected chi connectivity index (χ0v) is 17.4. The molecule has 2 aliphatic heterocycles. The Morgan fingerprint density at radius 3 is 2.52 bits per heavy atom. The van der Waals surface area contributed by atoms with Crippen molar-refractivity contribution in [2.24, 2.45) is 17.6 Å². The van der Waals surface area contributed by atoms with Gasteiger partial charge in [-0.25, -0.2) is 17.5 Å². The number of nitrogens with zero attached hydrogens (tertiary/aromatic N) is 3. The fraction of sp³-hybridized carbons (Fsp3) is 0.579. The number of nitrogen functional groups attached to an aromatic ring is 1. The minimum Gasteiger partial charge on any atom is -0.396 e. The number of benzene rings is 1. The molecule has 2 heterocycles. The third-order valence-electron chi connectivity index (χ3n) is 5.67. The van der Waals surface area contributed by atoms with E-state index >= 15 is 0 Å². The van der Waals surface area contributed by atoms with Gasteiger partial charge >= 0.3 is 6.03 Å². The number of nitrogens with two attached hydrogens (primary N) is 1. The number of hydrogen-bond acceptors (Lipinski definition) is 5. The minimum absolute atomic E-state index is 0.0286. The lowest BCUT2D eigenvalue weighted by Crippen LogP contribution is -2.56. The van der Waals surface area contributed by atoms with Crippen LogP contribution in [0.15, 0.2) is 24.3 Å². The molecular weight excluding hydrogens is 394 g/mol. The van der Waals surface area contributed by atoms with Gasteiger partial charge in [-0.2, -0.15) is 0 Å². The van der Waals surface area contributed by atoms with Crippen molar-refractivity contribution in [3.8, 4) is 0 Å². The van der Waals surface area contributed by atoms with E-state index in [1.807, 2.05) is 0 Å². The van der Waals surface area contributed by atoms with E-state index in [2.05, 4.69) is 0 Å². The summed E-state index contributed by atoms with van der Waals surface area (Å²) in [4.78, 5) is 16.5. The molecule has 2 fully saturated rings. The van der Waals surface area contributed by atoms with Gasteiger partial charge in [0.2, 0.25) is 10.0 Å². The van der Waals surface area contributed by atoms with E-state index in [9.17, 15) is 18.3 Å². The fourth-order valence-corrected chi connectivity index (χ4v) is 4.89. The summed E-state index contributed by atoms with van der Waals surface area (Å²) in [5.41, 5.74) is 6.77. The van der Waals surface area contributed by atoms with Gasteiger partial charge in [-0.3, -0.25) is 10.3 Å². The first-order chi connectivity index (χ1) is 13.7. The molecule has 0 bridgehead atoms. The highest BCUT2D eigenvalue weighted by Crippen LogP contribution is 2.26. The van der Waals surface area contributed by atoms with Crippen molar-refractivity contribution in [2.75, 3.05) is 50.5 Å². The van der Waals surface area contributed by atoms with Gasteiger partial charge in [0.05, 0.1) is 6.26 Å².